The SMILES string of the molecule is COc1cccc(/C=C2\SC(=S)N(CC(=O)NNc3ccccc3O)C2=O)c1. The van der Waals surface area contributed by atoms with E-state index in [1.54, 1.807) is 37.5 Å². The summed E-state index contributed by atoms with van der Waals surface area (Å²) in [5.41, 5.74) is 6.20. The van der Waals surface area contributed by atoms with Crippen LogP contribution in [0.3, 0.4) is 0 Å². The van der Waals surface area contributed by atoms with E-state index in [4.69, 9.17) is 17.0 Å². The molecule has 28 heavy (non-hydrogen) atoms. The third-order valence-corrected chi connectivity index (χ3v) is 5.19. The van der Waals surface area contributed by atoms with Gasteiger partial charge in [0.1, 0.15) is 22.4 Å². The first kappa shape index (κ1) is 19.7. The van der Waals surface area contributed by atoms with Gasteiger partial charge < -0.3 is 9.84 Å². The van der Waals surface area contributed by atoms with Crippen LogP contribution in [-0.2, 0) is 9.59 Å². The van der Waals surface area contributed by atoms with Crippen LogP contribution in [0.2, 0.25) is 0 Å². The predicted molar refractivity (Wildman–Crippen MR) is 113 cm³/mol. The number of carbonyl (C=O) groups is 2. The molecule has 0 bridgehead atoms. The lowest BCUT2D eigenvalue weighted by atomic mass is 10.2. The van der Waals surface area contributed by atoms with E-state index in [9.17, 15) is 14.7 Å². The van der Waals surface area contributed by atoms with Crippen molar-refractivity contribution in [1.82, 2.24) is 10.3 Å². The number of rotatable bonds is 6. The number of hydrogen-bond acceptors (Lipinski definition) is 7. The summed E-state index contributed by atoms with van der Waals surface area (Å²) >= 11 is 6.38. The van der Waals surface area contributed by atoms with E-state index in [-0.39, 0.29) is 18.2 Å². The number of aromatic hydroxyl groups is 1. The zero-order chi connectivity index (χ0) is 20.1. The lowest BCUT2D eigenvalue weighted by molar-refractivity contribution is -0.128. The maximum atomic E-state index is 12.6. The van der Waals surface area contributed by atoms with Crippen LogP contribution in [0, 0.1) is 0 Å². The van der Waals surface area contributed by atoms with Crippen LogP contribution in [0.1, 0.15) is 5.56 Å². The fraction of sp³-hybridized carbons (Fsp3) is 0.105. The normalized spacial score (nSPS) is 15.0. The maximum absolute atomic E-state index is 12.6. The number of phenolic OH excluding ortho intramolecular Hbond substituents is 1. The molecule has 1 saturated heterocycles. The molecular formula is C19H17N3O4S2. The fourth-order valence-electron chi connectivity index (χ4n) is 2.42. The van der Waals surface area contributed by atoms with Gasteiger partial charge in [0, 0.05) is 0 Å². The van der Waals surface area contributed by atoms with Crippen LogP contribution >= 0.6 is 24.0 Å². The minimum atomic E-state index is -0.470. The quantitative estimate of drug-likeness (QED) is 0.289. The number of phenols is 1. The Morgan fingerprint density at radius 2 is 2.07 bits per heavy atom. The third kappa shape index (κ3) is 4.62. The molecule has 2 amide bonds. The van der Waals surface area contributed by atoms with Gasteiger partial charge in [-0.2, -0.15) is 0 Å². The van der Waals surface area contributed by atoms with Gasteiger partial charge >= 0.3 is 0 Å². The van der Waals surface area contributed by atoms with Crippen molar-refractivity contribution in [3.05, 3.63) is 59.0 Å². The molecule has 0 saturated carbocycles. The molecule has 9 heteroatoms. The first-order chi connectivity index (χ1) is 13.5. The lowest BCUT2D eigenvalue weighted by Crippen LogP contribution is -2.41. The van der Waals surface area contributed by atoms with Gasteiger partial charge in [-0.25, -0.2) is 0 Å². The summed E-state index contributed by atoms with van der Waals surface area (Å²) in [6.45, 7) is -0.235. The van der Waals surface area contributed by atoms with E-state index in [1.165, 1.54) is 11.0 Å². The highest BCUT2D eigenvalue weighted by Gasteiger charge is 2.33. The number of hydrogen-bond donors (Lipinski definition) is 3. The molecule has 2 aromatic rings. The van der Waals surface area contributed by atoms with E-state index in [1.807, 2.05) is 18.2 Å². The van der Waals surface area contributed by atoms with Crippen LogP contribution in [0.4, 0.5) is 5.69 Å². The molecule has 3 N–H and O–H groups in total. The van der Waals surface area contributed by atoms with Crippen molar-refractivity contribution in [2.75, 3.05) is 19.1 Å². The smallest absolute Gasteiger partial charge is 0.266 e. The van der Waals surface area contributed by atoms with Crippen molar-refractivity contribution in [3.63, 3.8) is 0 Å². The second-order valence-electron chi connectivity index (χ2n) is 5.73. The molecule has 3 rings (SSSR count). The molecule has 0 aromatic heterocycles. The number of nitrogens with one attached hydrogen (secondary N) is 2. The Balaban J connectivity index is 1.64. The number of para-hydroxylation sites is 2. The van der Waals surface area contributed by atoms with Crippen LogP contribution < -0.4 is 15.6 Å². The highest BCUT2D eigenvalue weighted by Crippen LogP contribution is 2.32. The van der Waals surface area contributed by atoms with Crippen LogP contribution in [0.25, 0.3) is 6.08 Å². The summed E-state index contributed by atoms with van der Waals surface area (Å²) in [6, 6.07) is 13.7. The summed E-state index contributed by atoms with van der Waals surface area (Å²) in [5, 5.41) is 9.69. The maximum Gasteiger partial charge on any atom is 0.266 e. The number of methoxy groups -OCH3 is 1. The molecule has 0 unspecified atom stereocenters. The van der Waals surface area contributed by atoms with E-state index >= 15 is 0 Å². The Morgan fingerprint density at radius 3 is 2.82 bits per heavy atom. The van der Waals surface area contributed by atoms with Crippen molar-refractivity contribution in [2.45, 2.75) is 0 Å². The first-order valence-electron chi connectivity index (χ1n) is 8.20. The molecular weight excluding hydrogens is 398 g/mol. The van der Waals surface area contributed by atoms with Crippen LogP contribution in [0.15, 0.2) is 53.4 Å². The van der Waals surface area contributed by atoms with Crippen molar-refractivity contribution in [3.8, 4) is 11.5 Å². The molecule has 7 nitrogen and oxygen atoms in total. The number of anilines is 1. The molecule has 1 heterocycles. The molecule has 0 atom stereocenters. The summed E-state index contributed by atoms with van der Waals surface area (Å²) in [4.78, 5) is 26.4. The van der Waals surface area contributed by atoms with E-state index in [2.05, 4.69) is 10.9 Å². The second-order valence-corrected chi connectivity index (χ2v) is 7.41. The number of amides is 2. The molecule has 1 fully saturated rings. The molecule has 2 aromatic carbocycles. The van der Waals surface area contributed by atoms with Crippen LogP contribution in [0.5, 0.6) is 11.5 Å². The fourth-order valence-corrected chi connectivity index (χ4v) is 3.67. The third-order valence-electron chi connectivity index (χ3n) is 3.81. The summed E-state index contributed by atoms with van der Waals surface area (Å²) in [7, 11) is 1.57. The minimum absolute atomic E-state index is 0.00497. The Kier molecular flexibility index (Phi) is 6.17. The van der Waals surface area contributed by atoms with Gasteiger partial charge in [-0.05, 0) is 35.9 Å². The summed E-state index contributed by atoms with van der Waals surface area (Å²) < 4.78 is 5.48. The lowest BCUT2D eigenvalue weighted by Gasteiger charge is -2.15. The van der Waals surface area contributed by atoms with Crippen molar-refractivity contribution >= 4 is 51.9 Å². The largest absolute Gasteiger partial charge is 0.506 e. The van der Waals surface area contributed by atoms with Crippen molar-refractivity contribution in [1.29, 1.82) is 0 Å². The zero-order valence-corrected chi connectivity index (χ0v) is 16.5. The number of carbonyl (C=O) groups excluding carboxylic acids is 2. The molecule has 0 spiro atoms. The minimum Gasteiger partial charge on any atom is -0.506 e. The van der Waals surface area contributed by atoms with Gasteiger partial charge in [0.2, 0.25) is 0 Å². The van der Waals surface area contributed by atoms with E-state index in [0.29, 0.717) is 20.7 Å². The highest BCUT2D eigenvalue weighted by atomic mass is 32.2. The number of thiocarbonyl (C=S) groups is 1. The van der Waals surface area contributed by atoms with Gasteiger partial charge in [0.05, 0.1) is 17.7 Å². The zero-order valence-electron chi connectivity index (χ0n) is 14.8. The topological polar surface area (TPSA) is 90.9 Å². The number of hydrazine groups is 1. The number of benzene rings is 2. The Hall–Kier alpha value is -3.04. The standard InChI is InChI=1S/C19H17N3O4S2/c1-26-13-6-4-5-12(9-13)10-16-18(25)22(19(27)28-16)11-17(24)21-20-14-7-2-3-8-15(14)23/h2-10,20,23H,11H2,1H3,(H,21,24)/b16-10-. The molecule has 1 aliphatic heterocycles. The van der Waals surface area contributed by atoms with E-state index < -0.39 is 5.91 Å². The molecule has 144 valence electrons. The van der Waals surface area contributed by atoms with Crippen molar-refractivity contribution in [2.24, 2.45) is 0 Å². The predicted octanol–water partition coefficient (Wildman–Crippen LogP) is 2.75. The number of ether oxygens (including phenoxy) is 1. The van der Waals surface area contributed by atoms with Gasteiger partial charge in [-0.3, -0.25) is 25.3 Å². The first-order valence-corrected chi connectivity index (χ1v) is 9.42. The average Bonchev–Trinajstić information content (AvgIpc) is 2.95. The van der Waals surface area contributed by atoms with Crippen LogP contribution in [-0.4, -0.2) is 39.8 Å². The van der Waals surface area contributed by atoms with Crippen molar-refractivity contribution < 1.29 is 19.4 Å². The Bertz CT molecular complexity index is 962. The second kappa shape index (κ2) is 8.77. The van der Waals surface area contributed by atoms with Gasteiger partial charge in [-0.15, -0.1) is 0 Å². The number of thioether (sulfide) groups is 1. The Morgan fingerprint density at radius 1 is 1.29 bits per heavy atom. The highest BCUT2D eigenvalue weighted by molar-refractivity contribution is 8.26. The number of nitrogens with zero attached hydrogens (tertiary/aromatic N) is 1. The Labute approximate surface area is 171 Å². The van der Waals surface area contributed by atoms with Gasteiger partial charge in [-0.1, -0.05) is 48.2 Å². The van der Waals surface area contributed by atoms with E-state index in [0.717, 1.165) is 17.3 Å². The molecule has 0 radical (unpaired) electrons. The summed E-state index contributed by atoms with van der Waals surface area (Å²) in [6.07, 6.45) is 1.71. The monoisotopic (exact) mass is 415 g/mol. The average molecular weight is 415 g/mol. The summed E-state index contributed by atoms with van der Waals surface area (Å²) in [5.74, 6) is -0.133. The van der Waals surface area contributed by atoms with Gasteiger partial charge in [0.25, 0.3) is 11.8 Å². The van der Waals surface area contributed by atoms with Gasteiger partial charge in [0.15, 0.2) is 0 Å². The molecule has 1 aliphatic rings. The molecule has 0 aliphatic carbocycles.